The summed E-state index contributed by atoms with van der Waals surface area (Å²) in [5.74, 6) is 0.862. The predicted octanol–water partition coefficient (Wildman–Crippen LogP) is 1.50. The van der Waals surface area contributed by atoms with Gasteiger partial charge in [0.2, 0.25) is 0 Å². The number of carbonyl (C=O) groups is 1. The number of hydrogen-bond donors (Lipinski definition) is 2. The number of rotatable bonds is 3. The van der Waals surface area contributed by atoms with Gasteiger partial charge in [-0.15, -0.1) is 0 Å². The molecule has 0 saturated carbocycles. The van der Waals surface area contributed by atoms with Crippen LogP contribution in [-0.2, 0) is 6.42 Å². The molecule has 2 aliphatic heterocycles. The van der Waals surface area contributed by atoms with E-state index in [4.69, 9.17) is 4.74 Å². The van der Waals surface area contributed by atoms with E-state index in [1.165, 1.54) is 11.3 Å². The van der Waals surface area contributed by atoms with Crippen LogP contribution in [0.3, 0.4) is 0 Å². The lowest BCUT2D eigenvalue weighted by Crippen LogP contribution is -2.46. The van der Waals surface area contributed by atoms with Crippen molar-refractivity contribution in [2.24, 2.45) is 0 Å². The van der Waals surface area contributed by atoms with Gasteiger partial charge in [0.1, 0.15) is 18.1 Å². The van der Waals surface area contributed by atoms with Crippen LogP contribution >= 0.6 is 0 Å². The van der Waals surface area contributed by atoms with Crippen LogP contribution in [0.4, 0.5) is 5.69 Å². The molecule has 0 bridgehead atoms. The maximum absolute atomic E-state index is 12.3. The highest BCUT2D eigenvalue weighted by Gasteiger charge is 2.26. The van der Waals surface area contributed by atoms with Crippen molar-refractivity contribution in [3.05, 3.63) is 47.8 Å². The number of piperazine rings is 1. The van der Waals surface area contributed by atoms with Gasteiger partial charge in [0.15, 0.2) is 0 Å². The summed E-state index contributed by atoms with van der Waals surface area (Å²) >= 11 is 0. The molecule has 2 aliphatic rings. The first-order chi connectivity index (χ1) is 12.2. The first kappa shape index (κ1) is 16.0. The van der Waals surface area contributed by atoms with Crippen LogP contribution in [-0.4, -0.2) is 61.7 Å². The molecule has 3 heterocycles. The monoisotopic (exact) mass is 340 g/mol. The standard InChI is InChI=1S/C19H24N4O2/c1-22-8-10-23(11-9-22)17-5-2-6-18-15(17)12-14(13-25-18)21-19(24)16-4-3-7-20-16/h2-7,14,20H,8-13H2,1H3,(H,21,24). The molecule has 0 aliphatic carbocycles. The minimum absolute atomic E-state index is 0.0167. The Labute approximate surface area is 147 Å². The summed E-state index contributed by atoms with van der Waals surface area (Å²) < 4.78 is 5.94. The Kier molecular flexibility index (Phi) is 4.36. The van der Waals surface area contributed by atoms with Crippen molar-refractivity contribution in [3.63, 3.8) is 0 Å². The van der Waals surface area contributed by atoms with Gasteiger partial charge in [-0.1, -0.05) is 6.07 Å². The summed E-state index contributed by atoms with van der Waals surface area (Å²) in [6.45, 7) is 4.68. The van der Waals surface area contributed by atoms with Crippen LogP contribution in [0.15, 0.2) is 36.5 Å². The molecule has 4 rings (SSSR count). The Morgan fingerprint density at radius 3 is 2.80 bits per heavy atom. The Hall–Kier alpha value is -2.47. The fraction of sp³-hybridized carbons (Fsp3) is 0.421. The van der Waals surface area contributed by atoms with Crippen LogP contribution < -0.4 is 15.0 Å². The lowest BCUT2D eigenvalue weighted by Gasteiger charge is -2.37. The van der Waals surface area contributed by atoms with E-state index < -0.39 is 0 Å². The number of ether oxygens (including phenoxy) is 1. The van der Waals surface area contributed by atoms with Crippen molar-refractivity contribution in [3.8, 4) is 5.75 Å². The lowest BCUT2D eigenvalue weighted by atomic mass is 9.99. The molecule has 1 unspecified atom stereocenters. The highest BCUT2D eigenvalue weighted by Crippen LogP contribution is 2.34. The molecule has 1 aromatic carbocycles. The van der Waals surface area contributed by atoms with Crippen LogP contribution in [0, 0.1) is 0 Å². The van der Waals surface area contributed by atoms with Crippen LogP contribution in [0.1, 0.15) is 16.1 Å². The third-order valence-electron chi connectivity index (χ3n) is 5.02. The van der Waals surface area contributed by atoms with E-state index in [0.29, 0.717) is 12.3 Å². The number of likely N-dealkylation sites (N-methyl/N-ethyl adjacent to an activating group) is 1. The molecule has 2 aromatic rings. The van der Waals surface area contributed by atoms with Crippen molar-refractivity contribution < 1.29 is 9.53 Å². The molecule has 132 valence electrons. The molecule has 0 radical (unpaired) electrons. The Morgan fingerprint density at radius 1 is 1.20 bits per heavy atom. The van der Waals surface area contributed by atoms with Gasteiger partial charge in [-0.3, -0.25) is 4.79 Å². The summed E-state index contributed by atoms with van der Waals surface area (Å²) in [5, 5.41) is 3.08. The fourth-order valence-electron chi connectivity index (χ4n) is 3.56. The van der Waals surface area contributed by atoms with E-state index in [1.807, 2.05) is 12.1 Å². The maximum atomic E-state index is 12.3. The molecule has 1 aromatic heterocycles. The number of carbonyl (C=O) groups excluding carboxylic acids is 1. The average Bonchev–Trinajstić information content (AvgIpc) is 3.17. The first-order valence-corrected chi connectivity index (χ1v) is 8.83. The van der Waals surface area contributed by atoms with E-state index in [9.17, 15) is 4.79 Å². The summed E-state index contributed by atoms with van der Waals surface area (Å²) in [4.78, 5) is 20.0. The molecule has 6 heteroatoms. The molecule has 25 heavy (non-hydrogen) atoms. The number of amides is 1. The van der Waals surface area contributed by atoms with E-state index in [1.54, 1.807) is 12.3 Å². The zero-order valence-corrected chi connectivity index (χ0v) is 14.5. The Balaban J connectivity index is 1.50. The Morgan fingerprint density at radius 2 is 2.04 bits per heavy atom. The summed E-state index contributed by atoms with van der Waals surface area (Å²) in [6, 6.07) is 9.84. The van der Waals surface area contributed by atoms with E-state index >= 15 is 0 Å². The summed E-state index contributed by atoms with van der Waals surface area (Å²) in [6.07, 6.45) is 2.55. The average molecular weight is 340 g/mol. The molecular weight excluding hydrogens is 316 g/mol. The molecule has 0 spiro atoms. The van der Waals surface area contributed by atoms with Crippen molar-refractivity contribution in [2.75, 3.05) is 44.7 Å². The normalized spacial score (nSPS) is 20.7. The van der Waals surface area contributed by atoms with Gasteiger partial charge in [-0.05, 0) is 31.3 Å². The summed E-state index contributed by atoms with van der Waals surface area (Å²) in [7, 11) is 2.16. The second-order valence-corrected chi connectivity index (χ2v) is 6.81. The second kappa shape index (κ2) is 6.80. The number of hydrogen-bond acceptors (Lipinski definition) is 4. The van der Waals surface area contributed by atoms with Gasteiger partial charge in [0.05, 0.1) is 6.04 Å². The zero-order chi connectivity index (χ0) is 17.2. The van der Waals surface area contributed by atoms with Gasteiger partial charge < -0.3 is 24.8 Å². The lowest BCUT2D eigenvalue weighted by molar-refractivity contribution is 0.0911. The maximum Gasteiger partial charge on any atom is 0.268 e. The highest BCUT2D eigenvalue weighted by molar-refractivity contribution is 5.92. The number of fused-ring (bicyclic) bond motifs is 1. The predicted molar refractivity (Wildman–Crippen MR) is 97.4 cm³/mol. The van der Waals surface area contributed by atoms with Gasteiger partial charge in [-0.2, -0.15) is 0 Å². The number of nitrogens with zero attached hydrogens (tertiary/aromatic N) is 2. The molecule has 1 saturated heterocycles. The largest absolute Gasteiger partial charge is 0.491 e. The second-order valence-electron chi connectivity index (χ2n) is 6.81. The molecule has 2 N–H and O–H groups in total. The van der Waals surface area contributed by atoms with Gasteiger partial charge >= 0.3 is 0 Å². The Bertz CT molecular complexity index is 736. The van der Waals surface area contributed by atoms with Gasteiger partial charge in [0, 0.05) is 50.0 Å². The van der Waals surface area contributed by atoms with Crippen LogP contribution in [0.5, 0.6) is 5.75 Å². The van der Waals surface area contributed by atoms with Crippen molar-refractivity contribution >= 4 is 11.6 Å². The third kappa shape index (κ3) is 3.35. The summed E-state index contributed by atoms with van der Waals surface area (Å²) in [5.41, 5.74) is 3.03. The minimum Gasteiger partial charge on any atom is -0.491 e. The molecular formula is C19H24N4O2. The quantitative estimate of drug-likeness (QED) is 0.889. The number of benzene rings is 1. The van der Waals surface area contributed by atoms with Crippen LogP contribution in [0.25, 0.3) is 0 Å². The van der Waals surface area contributed by atoms with Gasteiger partial charge in [-0.25, -0.2) is 0 Å². The smallest absolute Gasteiger partial charge is 0.268 e. The third-order valence-corrected chi connectivity index (χ3v) is 5.02. The number of H-pyrrole nitrogens is 1. The molecule has 1 atom stereocenters. The van der Waals surface area contributed by atoms with Crippen molar-refractivity contribution in [1.82, 2.24) is 15.2 Å². The number of nitrogens with one attached hydrogen (secondary N) is 2. The van der Waals surface area contributed by atoms with E-state index in [-0.39, 0.29) is 11.9 Å². The number of anilines is 1. The molecule has 1 fully saturated rings. The van der Waals surface area contributed by atoms with Crippen molar-refractivity contribution in [2.45, 2.75) is 12.5 Å². The molecule has 6 nitrogen and oxygen atoms in total. The van der Waals surface area contributed by atoms with Crippen molar-refractivity contribution in [1.29, 1.82) is 0 Å². The highest BCUT2D eigenvalue weighted by atomic mass is 16.5. The van der Waals surface area contributed by atoms with E-state index in [0.717, 1.165) is 38.3 Å². The topological polar surface area (TPSA) is 60.6 Å². The minimum atomic E-state index is -0.0841. The zero-order valence-electron chi connectivity index (χ0n) is 14.5. The van der Waals surface area contributed by atoms with Gasteiger partial charge in [0.25, 0.3) is 5.91 Å². The van der Waals surface area contributed by atoms with E-state index in [2.05, 4.69) is 39.3 Å². The van der Waals surface area contributed by atoms with Crippen LogP contribution in [0.2, 0.25) is 0 Å². The fourth-order valence-corrected chi connectivity index (χ4v) is 3.56. The number of aromatic amines is 1. The number of aromatic nitrogens is 1. The first-order valence-electron chi connectivity index (χ1n) is 8.83. The molecule has 1 amide bonds. The SMILES string of the molecule is CN1CCN(c2cccc3c2CC(NC(=O)c2ccc[nH]2)CO3)CC1.